The third-order valence-corrected chi connectivity index (χ3v) is 4.84. The first kappa shape index (κ1) is 14.6. The van der Waals surface area contributed by atoms with E-state index >= 15 is 0 Å². The first-order chi connectivity index (χ1) is 10.2. The summed E-state index contributed by atoms with van der Waals surface area (Å²) in [4.78, 5) is 18.0. The van der Waals surface area contributed by atoms with Crippen molar-refractivity contribution >= 4 is 23.3 Å². The lowest BCUT2D eigenvalue weighted by Gasteiger charge is -2.36. The normalized spacial score (nSPS) is 27.0. The monoisotopic (exact) mass is 309 g/mol. The lowest BCUT2D eigenvalue weighted by atomic mass is 9.84. The number of hydrogen-bond acceptors (Lipinski definition) is 4. The van der Waals surface area contributed by atoms with Crippen LogP contribution in [0, 0.1) is 11.8 Å². The van der Waals surface area contributed by atoms with Gasteiger partial charge in [-0.15, -0.1) is 0 Å². The van der Waals surface area contributed by atoms with E-state index < -0.39 is 0 Å². The molecular formula is C15H20ClN3O2. The number of hydrogen-bond donors (Lipinski definition) is 1. The van der Waals surface area contributed by atoms with Crippen LogP contribution in [0.15, 0.2) is 18.3 Å². The summed E-state index contributed by atoms with van der Waals surface area (Å²) in [7, 11) is 0. The maximum Gasteiger partial charge on any atom is 0.223 e. The Balaban J connectivity index is 1.63. The predicted molar refractivity (Wildman–Crippen MR) is 81.2 cm³/mol. The standard InChI is InChI=1S/C15H20ClN3O2/c16-12-2-1-6-18-15(12)19-7-3-10(4-8-19)13-11(14(17)20)5-9-21-13/h1-2,6,10-11,13H,3-5,7-9H2,(H2,17,20)/t11-,13+/m0/s1. The number of primary amides is 1. The number of aromatic nitrogens is 1. The molecule has 2 fully saturated rings. The second-order valence-corrected chi connectivity index (χ2v) is 6.17. The quantitative estimate of drug-likeness (QED) is 0.925. The average Bonchev–Trinajstić information content (AvgIpc) is 2.98. The first-order valence-electron chi connectivity index (χ1n) is 7.43. The summed E-state index contributed by atoms with van der Waals surface area (Å²) in [6, 6.07) is 3.70. The van der Waals surface area contributed by atoms with Crippen molar-refractivity contribution in [3.8, 4) is 0 Å². The minimum atomic E-state index is -0.229. The van der Waals surface area contributed by atoms with E-state index in [1.165, 1.54) is 0 Å². The molecule has 3 heterocycles. The summed E-state index contributed by atoms with van der Waals surface area (Å²) in [5.74, 6) is 0.882. The fraction of sp³-hybridized carbons (Fsp3) is 0.600. The predicted octanol–water partition coefficient (Wildman–Crippen LogP) is 1.84. The largest absolute Gasteiger partial charge is 0.377 e. The number of pyridine rings is 1. The van der Waals surface area contributed by atoms with Gasteiger partial charge in [-0.1, -0.05) is 11.6 Å². The van der Waals surface area contributed by atoms with Gasteiger partial charge in [-0.2, -0.15) is 0 Å². The maximum absolute atomic E-state index is 11.5. The van der Waals surface area contributed by atoms with Crippen LogP contribution in [0.4, 0.5) is 5.82 Å². The van der Waals surface area contributed by atoms with Gasteiger partial charge >= 0.3 is 0 Å². The zero-order valence-corrected chi connectivity index (χ0v) is 12.6. The Hall–Kier alpha value is -1.33. The highest BCUT2D eigenvalue weighted by Gasteiger charge is 2.39. The Bertz CT molecular complexity index is 517. The summed E-state index contributed by atoms with van der Waals surface area (Å²) in [6.45, 7) is 2.41. The molecule has 0 unspecified atom stereocenters. The Morgan fingerprint density at radius 1 is 1.38 bits per heavy atom. The Labute approximate surface area is 129 Å². The summed E-state index contributed by atoms with van der Waals surface area (Å²) in [5.41, 5.74) is 5.48. The van der Waals surface area contributed by atoms with Gasteiger partial charge in [0, 0.05) is 25.9 Å². The summed E-state index contributed by atoms with van der Waals surface area (Å²) >= 11 is 6.20. The van der Waals surface area contributed by atoms with E-state index in [1.54, 1.807) is 6.20 Å². The summed E-state index contributed by atoms with van der Waals surface area (Å²) in [5, 5.41) is 0.683. The molecule has 2 aliphatic rings. The third kappa shape index (κ3) is 2.99. The van der Waals surface area contributed by atoms with Crippen molar-refractivity contribution in [1.29, 1.82) is 0 Å². The number of nitrogens with two attached hydrogens (primary N) is 1. The lowest BCUT2D eigenvalue weighted by Crippen LogP contribution is -2.42. The number of carbonyl (C=O) groups excluding carboxylic acids is 1. The van der Waals surface area contributed by atoms with Gasteiger partial charge in [-0.25, -0.2) is 4.98 Å². The number of ether oxygens (including phenoxy) is 1. The van der Waals surface area contributed by atoms with Crippen LogP contribution in [0.3, 0.4) is 0 Å². The molecule has 3 rings (SSSR count). The fourth-order valence-electron chi connectivity index (χ4n) is 3.43. The van der Waals surface area contributed by atoms with Gasteiger partial charge in [-0.05, 0) is 37.3 Å². The van der Waals surface area contributed by atoms with E-state index in [0.717, 1.165) is 38.2 Å². The van der Waals surface area contributed by atoms with E-state index in [1.807, 2.05) is 12.1 Å². The highest BCUT2D eigenvalue weighted by molar-refractivity contribution is 6.32. The number of piperidine rings is 1. The van der Waals surface area contributed by atoms with Crippen LogP contribution < -0.4 is 10.6 Å². The van der Waals surface area contributed by atoms with E-state index in [0.29, 0.717) is 17.5 Å². The maximum atomic E-state index is 11.5. The SMILES string of the molecule is NC(=O)[C@H]1CCO[C@@H]1C1CCN(c2ncccc2Cl)CC1. The molecular weight excluding hydrogens is 290 g/mol. The van der Waals surface area contributed by atoms with E-state index in [9.17, 15) is 4.79 Å². The molecule has 21 heavy (non-hydrogen) atoms. The molecule has 0 aromatic carbocycles. The number of halogens is 1. The number of amides is 1. The molecule has 2 N–H and O–H groups in total. The Morgan fingerprint density at radius 2 is 2.14 bits per heavy atom. The molecule has 0 aliphatic carbocycles. The molecule has 1 amide bonds. The van der Waals surface area contributed by atoms with Gasteiger partial charge in [0.1, 0.15) is 5.82 Å². The Kier molecular flexibility index (Phi) is 4.31. The average molecular weight is 310 g/mol. The van der Waals surface area contributed by atoms with Crippen molar-refractivity contribution in [2.24, 2.45) is 17.6 Å². The van der Waals surface area contributed by atoms with Gasteiger partial charge in [0.25, 0.3) is 0 Å². The fourth-order valence-corrected chi connectivity index (χ4v) is 3.67. The van der Waals surface area contributed by atoms with Crippen LogP contribution in [0.25, 0.3) is 0 Å². The van der Waals surface area contributed by atoms with Crippen molar-refractivity contribution in [3.63, 3.8) is 0 Å². The summed E-state index contributed by atoms with van der Waals surface area (Å²) < 4.78 is 5.77. The third-order valence-electron chi connectivity index (χ3n) is 4.54. The zero-order valence-electron chi connectivity index (χ0n) is 11.9. The van der Waals surface area contributed by atoms with E-state index in [-0.39, 0.29) is 17.9 Å². The highest BCUT2D eigenvalue weighted by Crippen LogP contribution is 2.34. The number of carbonyl (C=O) groups is 1. The number of nitrogens with zero attached hydrogens (tertiary/aromatic N) is 2. The smallest absolute Gasteiger partial charge is 0.223 e. The first-order valence-corrected chi connectivity index (χ1v) is 7.81. The van der Waals surface area contributed by atoms with Crippen LogP contribution in [-0.4, -0.2) is 36.7 Å². The van der Waals surface area contributed by atoms with Gasteiger partial charge in [0.15, 0.2) is 0 Å². The molecule has 1 aromatic heterocycles. The lowest BCUT2D eigenvalue weighted by molar-refractivity contribution is -0.124. The van der Waals surface area contributed by atoms with Crippen LogP contribution in [0.2, 0.25) is 5.02 Å². The molecule has 0 bridgehead atoms. The second kappa shape index (κ2) is 6.20. The minimum Gasteiger partial charge on any atom is -0.377 e. The minimum absolute atomic E-state index is 0.0103. The Morgan fingerprint density at radius 3 is 2.81 bits per heavy atom. The van der Waals surface area contributed by atoms with E-state index in [4.69, 9.17) is 22.1 Å². The molecule has 5 nitrogen and oxygen atoms in total. The highest BCUT2D eigenvalue weighted by atomic mass is 35.5. The van der Waals surface area contributed by atoms with Crippen LogP contribution >= 0.6 is 11.6 Å². The summed E-state index contributed by atoms with van der Waals surface area (Å²) in [6.07, 6.45) is 4.45. The van der Waals surface area contributed by atoms with Crippen molar-refractivity contribution in [3.05, 3.63) is 23.4 Å². The van der Waals surface area contributed by atoms with Crippen molar-refractivity contribution < 1.29 is 9.53 Å². The second-order valence-electron chi connectivity index (χ2n) is 5.77. The van der Waals surface area contributed by atoms with Crippen molar-refractivity contribution in [2.45, 2.75) is 25.4 Å². The van der Waals surface area contributed by atoms with E-state index in [2.05, 4.69) is 9.88 Å². The van der Waals surface area contributed by atoms with Gasteiger partial charge in [-0.3, -0.25) is 4.79 Å². The molecule has 2 aliphatic heterocycles. The molecule has 0 saturated carbocycles. The molecule has 2 saturated heterocycles. The number of anilines is 1. The van der Waals surface area contributed by atoms with Crippen molar-refractivity contribution in [1.82, 2.24) is 4.98 Å². The van der Waals surface area contributed by atoms with Crippen molar-refractivity contribution in [2.75, 3.05) is 24.6 Å². The molecule has 2 atom stereocenters. The van der Waals surface area contributed by atoms with Gasteiger partial charge < -0.3 is 15.4 Å². The molecule has 1 aromatic rings. The van der Waals surface area contributed by atoms with Crippen LogP contribution in [0.1, 0.15) is 19.3 Å². The zero-order chi connectivity index (χ0) is 14.8. The van der Waals surface area contributed by atoms with Crippen LogP contribution in [0.5, 0.6) is 0 Å². The van der Waals surface area contributed by atoms with Gasteiger partial charge in [0.2, 0.25) is 5.91 Å². The molecule has 0 spiro atoms. The molecule has 6 heteroatoms. The topological polar surface area (TPSA) is 68.5 Å². The van der Waals surface area contributed by atoms with Crippen LogP contribution in [-0.2, 0) is 9.53 Å². The molecule has 114 valence electrons. The van der Waals surface area contributed by atoms with Gasteiger partial charge in [0.05, 0.1) is 17.0 Å². The molecule has 0 radical (unpaired) electrons. The number of rotatable bonds is 3.